The highest BCUT2D eigenvalue weighted by atomic mass is 16.6. The van der Waals surface area contributed by atoms with Crippen LogP contribution in [0.4, 0.5) is 0 Å². The van der Waals surface area contributed by atoms with Crippen molar-refractivity contribution in [1.82, 2.24) is 0 Å². The Bertz CT molecular complexity index is 472. The molecule has 0 aliphatic carbocycles. The molecule has 0 fully saturated rings. The van der Waals surface area contributed by atoms with Crippen molar-refractivity contribution in [2.75, 3.05) is 13.7 Å². The second-order valence-corrected chi connectivity index (χ2v) is 4.09. The number of ether oxygens (including phenoxy) is 3. The maximum atomic E-state index is 9.31. The van der Waals surface area contributed by atoms with E-state index in [-0.39, 0.29) is 12.7 Å². The van der Waals surface area contributed by atoms with Crippen molar-refractivity contribution >= 4 is 0 Å². The Labute approximate surface area is 112 Å². The summed E-state index contributed by atoms with van der Waals surface area (Å²) in [6.07, 6.45) is 7.62. The van der Waals surface area contributed by atoms with E-state index in [0.717, 1.165) is 5.75 Å². The summed E-state index contributed by atoms with van der Waals surface area (Å²) >= 11 is 0. The molecule has 100 valence electrons. The predicted molar refractivity (Wildman–Crippen MR) is 71.1 cm³/mol. The molecule has 3 atom stereocenters. The monoisotopic (exact) mass is 260 g/mol. The molecule has 0 bridgehead atoms. The van der Waals surface area contributed by atoms with Gasteiger partial charge in [0.2, 0.25) is 0 Å². The second-order valence-electron chi connectivity index (χ2n) is 4.09. The molecule has 2 rings (SSSR count). The number of methoxy groups -OCH3 is 1. The molecular formula is C15H16O4. The van der Waals surface area contributed by atoms with E-state index in [9.17, 15) is 5.11 Å². The molecule has 0 saturated heterocycles. The summed E-state index contributed by atoms with van der Waals surface area (Å²) in [4.78, 5) is 0. The van der Waals surface area contributed by atoms with Gasteiger partial charge < -0.3 is 19.3 Å². The third-order valence-electron chi connectivity index (χ3n) is 2.84. The van der Waals surface area contributed by atoms with Crippen molar-refractivity contribution in [3.63, 3.8) is 0 Å². The number of terminal acetylenes is 1. The molecule has 1 heterocycles. The number of rotatable bonds is 4. The van der Waals surface area contributed by atoms with Crippen LogP contribution in [0.15, 0.2) is 36.4 Å². The Morgan fingerprint density at radius 1 is 1.26 bits per heavy atom. The van der Waals surface area contributed by atoms with E-state index >= 15 is 0 Å². The topological polar surface area (TPSA) is 47.9 Å². The third kappa shape index (κ3) is 3.28. The van der Waals surface area contributed by atoms with E-state index < -0.39 is 12.2 Å². The molecule has 0 unspecified atom stereocenters. The van der Waals surface area contributed by atoms with Crippen LogP contribution in [0.25, 0.3) is 0 Å². The lowest BCUT2D eigenvalue weighted by Gasteiger charge is -2.29. The minimum atomic E-state index is -0.465. The van der Waals surface area contributed by atoms with Crippen LogP contribution in [-0.4, -0.2) is 37.1 Å². The first-order chi connectivity index (χ1) is 9.26. The van der Waals surface area contributed by atoms with Gasteiger partial charge in [-0.1, -0.05) is 5.92 Å². The Morgan fingerprint density at radius 3 is 2.53 bits per heavy atom. The standard InChI is InChI=1S/C15H16O4/c1-3-11-8-9-14(15(10-16)18-11)19-13-6-4-12(17-2)5-7-13/h1,4-9,11,14-16H,10H2,2H3/t11-,14+,15-/m1/s1. The normalized spacial score (nSPS) is 25.6. The van der Waals surface area contributed by atoms with Gasteiger partial charge in [-0.15, -0.1) is 6.42 Å². The molecule has 0 radical (unpaired) electrons. The zero-order chi connectivity index (χ0) is 13.7. The van der Waals surface area contributed by atoms with Crippen LogP contribution in [0, 0.1) is 12.3 Å². The summed E-state index contributed by atoms with van der Waals surface area (Å²) in [6, 6.07) is 7.21. The lowest BCUT2D eigenvalue weighted by atomic mass is 10.1. The number of aliphatic hydroxyl groups is 1. The lowest BCUT2D eigenvalue weighted by molar-refractivity contribution is -0.0548. The van der Waals surface area contributed by atoms with Gasteiger partial charge in [0.25, 0.3) is 0 Å². The summed E-state index contributed by atoms with van der Waals surface area (Å²) in [5, 5.41) is 9.31. The van der Waals surface area contributed by atoms with Gasteiger partial charge in [0.1, 0.15) is 29.8 Å². The molecule has 1 aromatic rings. The summed E-state index contributed by atoms with van der Waals surface area (Å²) in [5.74, 6) is 3.91. The smallest absolute Gasteiger partial charge is 0.145 e. The van der Waals surface area contributed by atoms with Crippen molar-refractivity contribution in [2.45, 2.75) is 18.3 Å². The van der Waals surface area contributed by atoms with Gasteiger partial charge in [-0.2, -0.15) is 0 Å². The minimum absolute atomic E-state index is 0.149. The van der Waals surface area contributed by atoms with Crippen LogP contribution < -0.4 is 9.47 Å². The molecule has 0 amide bonds. The van der Waals surface area contributed by atoms with E-state index in [1.165, 1.54) is 0 Å². The van der Waals surface area contributed by atoms with E-state index in [2.05, 4.69) is 5.92 Å². The van der Waals surface area contributed by atoms with Crippen LogP contribution in [0.3, 0.4) is 0 Å². The number of benzene rings is 1. The molecule has 1 N–H and O–H groups in total. The molecule has 1 aliphatic heterocycles. The van der Waals surface area contributed by atoms with E-state index in [4.69, 9.17) is 20.6 Å². The van der Waals surface area contributed by atoms with Crippen molar-refractivity contribution in [1.29, 1.82) is 0 Å². The fraction of sp³-hybridized carbons (Fsp3) is 0.333. The number of aliphatic hydroxyl groups excluding tert-OH is 1. The van der Waals surface area contributed by atoms with E-state index in [0.29, 0.717) is 5.75 Å². The first-order valence-corrected chi connectivity index (χ1v) is 5.98. The zero-order valence-corrected chi connectivity index (χ0v) is 10.7. The first-order valence-electron chi connectivity index (χ1n) is 5.98. The SMILES string of the molecule is C#C[C@@H]1C=C[C@H](Oc2ccc(OC)cc2)[C@@H](CO)O1. The highest BCUT2D eigenvalue weighted by Gasteiger charge is 2.27. The molecule has 0 spiro atoms. The molecular weight excluding hydrogens is 244 g/mol. The molecule has 1 aliphatic rings. The molecule has 4 nitrogen and oxygen atoms in total. The second kappa shape index (κ2) is 6.28. The highest BCUT2D eigenvalue weighted by Crippen LogP contribution is 2.22. The molecule has 4 heteroatoms. The summed E-state index contributed by atoms with van der Waals surface area (Å²) in [5.41, 5.74) is 0. The van der Waals surface area contributed by atoms with Gasteiger partial charge in [-0.3, -0.25) is 0 Å². The number of hydrogen-bond acceptors (Lipinski definition) is 4. The Balaban J connectivity index is 2.06. The Morgan fingerprint density at radius 2 is 1.95 bits per heavy atom. The van der Waals surface area contributed by atoms with Gasteiger partial charge in [-0.25, -0.2) is 0 Å². The van der Waals surface area contributed by atoms with Crippen molar-refractivity contribution in [2.24, 2.45) is 0 Å². The van der Waals surface area contributed by atoms with Crippen LogP contribution in [0.5, 0.6) is 11.5 Å². The van der Waals surface area contributed by atoms with Crippen LogP contribution >= 0.6 is 0 Å². The van der Waals surface area contributed by atoms with Gasteiger partial charge in [0.05, 0.1) is 13.7 Å². The maximum absolute atomic E-state index is 9.31. The van der Waals surface area contributed by atoms with Gasteiger partial charge >= 0.3 is 0 Å². The maximum Gasteiger partial charge on any atom is 0.145 e. The average Bonchev–Trinajstić information content (AvgIpc) is 2.48. The molecule has 1 aromatic carbocycles. The largest absolute Gasteiger partial charge is 0.497 e. The van der Waals surface area contributed by atoms with E-state index in [1.807, 2.05) is 6.08 Å². The fourth-order valence-electron chi connectivity index (χ4n) is 1.81. The first kappa shape index (κ1) is 13.5. The lowest BCUT2D eigenvalue weighted by Crippen LogP contribution is -2.40. The fourth-order valence-corrected chi connectivity index (χ4v) is 1.81. The zero-order valence-electron chi connectivity index (χ0n) is 10.7. The number of hydrogen-bond donors (Lipinski definition) is 1. The highest BCUT2D eigenvalue weighted by molar-refractivity contribution is 5.31. The third-order valence-corrected chi connectivity index (χ3v) is 2.84. The van der Waals surface area contributed by atoms with Crippen LogP contribution in [-0.2, 0) is 4.74 Å². The Kier molecular flexibility index (Phi) is 4.45. The average molecular weight is 260 g/mol. The van der Waals surface area contributed by atoms with Gasteiger partial charge in [0, 0.05) is 0 Å². The van der Waals surface area contributed by atoms with Crippen molar-refractivity contribution < 1.29 is 19.3 Å². The van der Waals surface area contributed by atoms with E-state index in [1.54, 1.807) is 37.5 Å². The summed E-state index contributed by atoms with van der Waals surface area (Å²) in [7, 11) is 1.61. The summed E-state index contributed by atoms with van der Waals surface area (Å²) < 4.78 is 16.3. The van der Waals surface area contributed by atoms with Crippen molar-refractivity contribution in [3.8, 4) is 23.8 Å². The molecule has 0 aromatic heterocycles. The quantitative estimate of drug-likeness (QED) is 0.656. The Hall–Kier alpha value is -1.96. The molecule has 0 saturated carbocycles. The van der Waals surface area contributed by atoms with Gasteiger partial charge in [0.15, 0.2) is 0 Å². The van der Waals surface area contributed by atoms with Crippen LogP contribution in [0.1, 0.15) is 0 Å². The molecule has 19 heavy (non-hydrogen) atoms. The minimum Gasteiger partial charge on any atom is -0.497 e. The van der Waals surface area contributed by atoms with Gasteiger partial charge in [-0.05, 0) is 36.4 Å². The predicted octanol–water partition coefficient (Wildman–Crippen LogP) is 1.39. The van der Waals surface area contributed by atoms with Crippen LogP contribution in [0.2, 0.25) is 0 Å². The summed E-state index contributed by atoms with van der Waals surface area (Å²) in [6.45, 7) is -0.149. The van der Waals surface area contributed by atoms with Crippen molar-refractivity contribution in [3.05, 3.63) is 36.4 Å².